The molecule has 0 aliphatic carbocycles. The summed E-state index contributed by atoms with van der Waals surface area (Å²) >= 11 is 0. The molecule has 0 bridgehead atoms. The van der Waals surface area contributed by atoms with Crippen LogP contribution in [0.4, 0.5) is 10.6 Å². The maximum absolute atomic E-state index is 12.2. The molecular weight excluding hydrogens is 276 g/mol. The number of amides is 2. The van der Waals surface area contributed by atoms with Gasteiger partial charge in [0.1, 0.15) is 11.9 Å². The Hall–Kier alpha value is -2.09. The zero-order valence-corrected chi connectivity index (χ0v) is 12.2. The fraction of sp³-hybridized carbons (Fsp3) is 0.615. The minimum absolute atomic E-state index is 0.271. The van der Waals surface area contributed by atoms with Gasteiger partial charge in [0.25, 0.3) is 5.91 Å². The number of aromatic nitrogens is 2. The van der Waals surface area contributed by atoms with Crippen LogP contribution in [0.3, 0.4) is 0 Å². The molecule has 0 fully saturated rings. The molecule has 116 valence electrons. The topological polar surface area (TPSA) is 96.7 Å². The summed E-state index contributed by atoms with van der Waals surface area (Å²) in [6.45, 7) is 3.68. The highest BCUT2D eigenvalue weighted by atomic mass is 16.5. The second kappa shape index (κ2) is 6.57. The third kappa shape index (κ3) is 3.52. The van der Waals surface area contributed by atoms with Crippen LogP contribution < -0.4 is 10.2 Å². The second-order valence-electron chi connectivity index (χ2n) is 4.85. The Labute approximate surface area is 122 Å². The zero-order valence-electron chi connectivity index (χ0n) is 12.2. The molecule has 1 aromatic rings. The molecular formula is C13H20N4O4. The van der Waals surface area contributed by atoms with Crippen molar-refractivity contribution in [1.82, 2.24) is 15.1 Å². The number of ether oxygens (including phenoxy) is 1. The summed E-state index contributed by atoms with van der Waals surface area (Å²) in [6, 6.07) is 1.11. The Kier molecular flexibility index (Phi) is 4.79. The lowest BCUT2D eigenvalue weighted by Gasteiger charge is -2.19. The zero-order chi connectivity index (χ0) is 15.4. The van der Waals surface area contributed by atoms with Crippen LogP contribution in [0, 0.1) is 0 Å². The van der Waals surface area contributed by atoms with Crippen LogP contribution in [0.15, 0.2) is 6.07 Å². The summed E-state index contributed by atoms with van der Waals surface area (Å²) < 4.78 is 7.04. The molecule has 1 atom stereocenters. The van der Waals surface area contributed by atoms with Gasteiger partial charge in [-0.2, -0.15) is 5.10 Å². The number of carbonyl (C=O) groups excluding carboxylic acids is 1. The van der Waals surface area contributed by atoms with Crippen LogP contribution in [0.5, 0.6) is 0 Å². The van der Waals surface area contributed by atoms with Gasteiger partial charge in [-0.15, -0.1) is 0 Å². The van der Waals surface area contributed by atoms with Gasteiger partial charge in [-0.1, -0.05) is 0 Å². The van der Waals surface area contributed by atoms with E-state index in [-0.39, 0.29) is 5.91 Å². The van der Waals surface area contributed by atoms with Crippen LogP contribution in [0.2, 0.25) is 0 Å². The first-order valence-corrected chi connectivity index (χ1v) is 6.94. The first-order chi connectivity index (χ1) is 10.0. The number of nitrogens with one attached hydrogen (secondary N) is 1. The van der Waals surface area contributed by atoms with Crippen LogP contribution in [0.25, 0.3) is 0 Å². The van der Waals surface area contributed by atoms with Gasteiger partial charge < -0.3 is 15.2 Å². The van der Waals surface area contributed by atoms with Crippen molar-refractivity contribution < 1.29 is 19.4 Å². The molecule has 0 aromatic carbocycles. The standard InChI is InChI=1S/C13H20N4O4/c1-3-21-7-5-9-8-11-16(2)12(18)10(14-13(19)20)4-6-17(11)15-9/h8,10,14H,3-7H2,1-2H3,(H,19,20). The fourth-order valence-corrected chi connectivity index (χ4v) is 2.34. The van der Waals surface area contributed by atoms with Crippen molar-refractivity contribution in [2.45, 2.75) is 32.4 Å². The van der Waals surface area contributed by atoms with Gasteiger partial charge in [-0.3, -0.25) is 9.69 Å². The van der Waals surface area contributed by atoms with E-state index in [1.807, 2.05) is 13.0 Å². The fourth-order valence-electron chi connectivity index (χ4n) is 2.34. The molecule has 0 spiro atoms. The summed E-state index contributed by atoms with van der Waals surface area (Å²) in [4.78, 5) is 24.4. The Morgan fingerprint density at radius 1 is 1.62 bits per heavy atom. The number of anilines is 1. The van der Waals surface area contributed by atoms with Crippen LogP contribution >= 0.6 is 0 Å². The van der Waals surface area contributed by atoms with Crippen molar-refractivity contribution in [2.75, 3.05) is 25.2 Å². The minimum atomic E-state index is -1.20. The number of fused-ring (bicyclic) bond motifs is 1. The highest BCUT2D eigenvalue weighted by molar-refractivity contribution is 5.97. The maximum atomic E-state index is 12.2. The molecule has 0 radical (unpaired) electrons. The molecule has 2 rings (SSSR count). The number of hydrogen-bond acceptors (Lipinski definition) is 4. The summed E-state index contributed by atoms with van der Waals surface area (Å²) in [6.07, 6.45) is -0.124. The summed E-state index contributed by atoms with van der Waals surface area (Å²) in [5, 5.41) is 15.5. The van der Waals surface area contributed by atoms with Gasteiger partial charge in [0, 0.05) is 32.7 Å². The van der Waals surface area contributed by atoms with Crippen LogP contribution in [-0.4, -0.2) is 53.2 Å². The number of hydrogen-bond donors (Lipinski definition) is 2. The van der Waals surface area contributed by atoms with Crippen molar-refractivity contribution in [3.8, 4) is 0 Å². The highest BCUT2D eigenvalue weighted by Gasteiger charge is 2.30. The maximum Gasteiger partial charge on any atom is 0.405 e. The van der Waals surface area contributed by atoms with E-state index >= 15 is 0 Å². The van der Waals surface area contributed by atoms with Crippen LogP contribution in [0.1, 0.15) is 19.0 Å². The largest absolute Gasteiger partial charge is 0.465 e. The van der Waals surface area contributed by atoms with E-state index in [9.17, 15) is 9.59 Å². The molecule has 0 saturated heterocycles. The third-order valence-corrected chi connectivity index (χ3v) is 3.42. The predicted octanol–water partition coefficient (Wildman–Crippen LogP) is 0.465. The number of likely N-dealkylation sites (N-methyl/N-ethyl adjacent to an activating group) is 1. The third-order valence-electron chi connectivity index (χ3n) is 3.42. The Morgan fingerprint density at radius 2 is 2.38 bits per heavy atom. The molecule has 0 saturated carbocycles. The SMILES string of the molecule is CCOCCc1cc2n(n1)CCC(NC(=O)O)C(=O)N2C. The van der Waals surface area contributed by atoms with Crippen molar-refractivity contribution in [1.29, 1.82) is 0 Å². The number of carboxylic acid groups (broad SMARTS) is 1. The predicted molar refractivity (Wildman–Crippen MR) is 75.4 cm³/mol. The lowest BCUT2D eigenvalue weighted by molar-refractivity contribution is -0.120. The van der Waals surface area contributed by atoms with Crippen LogP contribution in [-0.2, 0) is 22.5 Å². The number of aryl methyl sites for hydroxylation is 1. The summed E-state index contributed by atoms with van der Waals surface area (Å²) in [5.41, 5.74) is 0.864. The Balaban J connectivity index is 2.11. The van der Waals surface area contributed by atoms with E-state index in [0.717, 1.165) is 5.69 Å². The smallest absolute Gasteiger partial charge is 0.405 e. The highest BCUT2D eigenvalue weighted by Crippen LogP contribution is 2.21. The second-order valence-corrected chi connectivity index (χ2v) is 4.85. The monoisotopic (exact) mass is 296 g/mol. The average Bonchev–Trinajstić information content (AvgIpc) is 2.81. The molecule has 2 N–H and O–H groups in total. The summed E-state index contributed by atoms with van der Waals surface area (Å²) in [7, 11) is 1.63. The lowest BCUT2D eigenvalue weighted by Crippen LogP contribution is -2.46. The van der Waals surface area contributed by atoms with Gasteiger partial charge in [-0.25, -0.2) is 9.48 Å². The van der Waals surface area contributed by atoms with Crippen molar-refractivity contribution in [3.05, 3.63) is 11.8 Å². The van der Waals surface area contributed by atoms with Gasteiger partial charge in [0.05, 0.1) is 12.3 Å². The molecule has 1 aromatic heterocycles. The van der Waals surface area contributed by atoms with Crippen molar-refractivity contribution in [2.24, 2.45) is 0 Å². The van der Waals surface area contributed by atoms with E-state index in [0.29, 0.717) is 38.4 Å². The molecule has 2 amide bonds. The lowest BCUT2D eigenvalue weighted by atomic mass is 10.2. The van der Waals surface area contributed by atoms with Gasteiger partial charge in [0.15, 0.2) is 0 Å². The van der Waals surface area contributed by atoms with Gasteiger partial charge in [0.2, 0.25) is 0 Å². The Bertz CT molecular complexity index is 528. The van der Waals surface area contributed by atoms with Crippen molar-refractivity contribution >= 4 is 17.8 Å². The van der Waals surface area contributed by atoms with Crippen molar-refractivity contribution in [3.63, 3.8) is 0 Å². The number of carbonyl (C=O) groups is 2. The molecule has 1 aliphatic rings. The van der Waals surface area contributed by atoms with E-state index in [2.05, 4.69) is 10.4 Å². The Morgan fingerprint density at radius 3 is 3.05 bits per heavy atom. The normalized spacial score (nSPS) is 18.3. The average molecular weight is 296 g/mol. The quantitative estimate of drug-likeness (QED) is 0.770. The van der Waals surface area contributed by atoms with E-state index in [1.54, 1.807) is 11.7 Å². The molecule has 1 aliphatic heterocycles. The number of rotatable bonds is 5. The minimum Gasteiger partial charge on any atom is -0.465 e. The van der Waals surface area contributed by atoms with E-state index in [1.165, 1.54) is 4.90 Å². The molecule has 1 unspecified atom stereocenters. The molecule has 8 heteroatoms. The van der Waals surface area contributed by atoms with E-state index < -0.39 is 12.1 Å². The number of nitrogens with zero attached hydrogens (tertiary/aromatic N) is 3. The van der Waals surface area contributed by atoms with E-state index in [4.69, 9.17) is 9.84 Å². The first kappa shape index (κ1) is 15.3. The van der Waals surface area contributed by atoms with Gasteiger partial charge >= 0.3 is 6.09 Å². The molecule has 2 heterocycles. The molecule has 21 heavy (non-hydrogen) atoms. The first-order valence-electron chi connectivity index (χ1n) is 6.94. The molecule has 8 nitrogen and oxygen atoms in total. The van der Waals surface area contributed by atoms with Gasteiger partial charge in [-0.05, 0) is 13.3 Å². The summed E-state index contributed by atoms with van der Waals surface area (Å²) in [5.74, 6) is 0.411.